The van der Waals surface area contributed by atoms with E-state index in [-0.39, 0.29) is 42.8 Å². The molecule has 5 atom stereocenters. The number of aliphatic hydroxyl groups is 1. The summed E-state index contributed by atoms with van der Waals surface area (Å²) in [7, 11) is -8.54. The quantitative estimate of drug-likeness (QED) is 0.0922. The number of carbonyl (C=O) groups is 1. The van der Waals surface area contributed by atoms with Gasteiger partial charge in [-0.15, -0.1) is 0 Å². The molecule has 3 heterocycles. The maximum Gasteiger partial charge on any atom is 0.320 e. The van der Waals surface area contributed by atoms with Crippen molar-refractivity contribution < 1.29 is 45.3 Å². The Bertz CT molecular complexity index is 1320. The first-order valence-corrected chi connectivity index (χ1v) is 16.0. The number of aliphatic hydroxyl groups excluding tert-OH is 1. The number of nitrogens with zero attached hydrogens (tertiary/aromatic N) is 4. The molecule has 0 saturated carbocycles. The Morgan fingerprint density at radius 3 is 2.63 bits per heavy atom. The number of unbranched alkanes of at least 4 members (excludes halogenated alkanes) is 1. The highest BCUT2D eigenvalue weighted by Gasteiger charge is 2.48. The molecule has 0 amide bonds. The number of nitrogens with two attached hydrogens (primary N) is 1. The second-order valence-corrected chi connectivity index (χ2v) is 12.8. The van der Waals surface area contributed by atoms with Gasteiger partial charge in [-0.3, -0.25) is 18.1 Å². The monoisotopic (exact) mass is 598 g/mol. The number of anilines is 1. The van der Waals surface area contributed by atoms with Gasteiger partial charge in [0, 0.05) is 6.54 Å². The minimum Gasteiger partial charge on any atom is -0.480 e. The van der Waals surface area contributed by atoms with Crippen LogP contribution in [0.25, 0.3) is 11.2 Å². The number of ether oxygens (including phenoxy) is 1. The number of aliphatic carboxylic acids is 1. The van der Waals surface area contributed by atoms with E-state index >= 15 is 0 Å². The van der Waals surface area contributed by atoms with Gasteiger partial charge in [0.25, 0.3) is 20.2 Å². The van der Waals surface area contributed by atoms with E-state index in [9.17, 15) is 31.8 Å². The van der Waals surface area contributed by atoms with Crippen LogP contribution in [0.4, 0.5) is 5.82 Å². The van der Waals surface area contributed by atoms with Crippen molar-refractivity contribution in [2.75, 3.05) is 35.8 Å². The van der Waals surface area contributed by atoms with Gasteiger partial charge in [0.1, 0.15) is 36.2 Å². The van der Waals surface area contributed by atoms with Gasteiger partial charge in [-0.2, -0.15) is 28.6 Å². The average molecular weight is 599 g/mol. The molecule has 1 aliphatic heterocycles. The van der Waals surface area contributed by atoms with E-state index in [4.69, 9.17) is 19.2 Å². The molecule has 214 valence electrons. The van der Waals surface area contributed by atoms with Crippen LogP contribution in [-0.4, -0.2) is 112 Å². The molecule has 16 nitrogen and oxygen atoms in total. The molecule has 0 radical (unpaired) electrons. The molecule has 0 aromatic carbocycles. The van der Waals surface area contributed by atoms with Crippen molar-refractivity contribution in [1.29, 1.82) is 0 Å². The lowest BCUT2D eigenvalue weighted by molar-refractivity contribution is -0.139. The number of carboxylic acid groups (broad SMARTS) is 1. The van der Waals surface area contributed by atoms with Crippen molar-refractivity contribution in [3.8, 4) is 0 Å². The number of carboxylic acids is 1. The normalized spacial score (nSPS) is 23.1. The summed E-state index contributed by atoms with van der Waals surface area (Å²) in [6, 6.07) is -0.957. The Morgan fingerprint density at radius 1 is 1.26 bits per heavy atom. The Morgan fingerprint density at radius 2 is 1.97 bits per heavy atom. The van der Waals surface area contributed by atoms with Gasteiger partial charge in [-0.25, -0.2) is 15.0 Å². The summed E-state index contributed by atoms with van der Waals surface area (Å²) in [6.07, 6.45) is -1.00. The number of hydrogen-bond donors (Lipinski definition) is 5. The molecule has 3 rings (SSSR count). The molecule has 1 aliphatic rings. The minimum absolute atomic E-state index is 0.0813. The third-order valence-corrected chi connectivity index (χ3v) is 8.50. The summed E-state index contributed by atoms with van der Waals surface area (Å²) in [5, 5.41) is 23.4. The lowest BCUT2D eigenvalue weighted by atomic mass is 10.1. The number of hydrogen-bond acceptors (Lipinski definition) is 14. The first-order chi connectivity index (χ1) is 17.8. The number of imidazole rings is 1. The summed E-state index contributed by atoms with van der Waals surface area (Å²) < 4.78 is 68.5. The zero-order valence-corrected chi connectivity index (χ0v) is 22.7. The van der Waals surface area contributed by atoms with Crippen LogP contribution in [0, 0.1) is 0 Å². The Labute approximate surface area is 223 Å². The second kappa shape index (κ2) is 12.8. The Kier molecular flexibility index (Phi) is 10.3. The third-order valence-electron chi connectivity index (χ3n) is 5.75. The van der Waals surface area contributed by atoms with E-state index < -0.39 is 68.3 Å². The van der Waals surface area contributed by atoms with E-state index in [0.29, 0.717) is 5.75 Å². The second-order valence-electron chi connectivity index (χ2n) is 8.53. The smallest absolute Gasteiger partial charge is 0.320 e. The molecule has 0 aliphatic carbocycles. The fourth-order valence-electron chi connectivity index (χ4n) is 3.88. The topological polar surface area (TPSA) is 246 Å². The van der Waals surface area contributed by atoms with Crippen molar-refractivity contribution in [3.05, 3.63) is 12.7 Å². The first-order valence-electron chi connectivity index (χ1n) is 11.4. The van der Waals surface area contributed by atoms with Gasteiger partial charge in [0.2, 0.25) is 0 Å². The molecule has 19 heteroatoms. The van der Waals surface area contributed by atoms with Gasteiger partial charge in [0.05, 0.1) is 17.8 Å². The number of fused-ring (bicyclic) bond motifs is 1. The summed E-state index contributed by atoms with van der Waals surface area (Å²) in [4.78, 5) is 23.7. The molecular weight excluding hydrogens is 568 g/mol. The van der Waals surface area contributed by atoms with Crippen molar-refractivity contribution in [1.82, 2.24) is 24.8 Å². The molecule has 1 fully saturated rings. The van der Waals surface area contributed by atoms with Gasteiger partial charge in [-0.05, 0) is 31.3 Å². The molecule has 6 N–H and O–H groups in total. The standard InChI is InChI=1S/C19H30N6O10S3/c1-36-5-4-11(19(27)28)21-8-12-15(35-38(32,33)7-3-2-6-37(29,30)31)14(26)18(34-12)25-10-24-13-16(20)22-9-23-17(13)25/h9-12,14-15,18,21,26H,2-8H2,1H3,(H,27,28)(H2,20,22,23)(H,29,30,31)/t11-,12+,14+,15+,18+/m0/s1. The highest BCUT2D eigenvalue weighted by Crippen LogP contribution is 2.34. The fraction of sp³-hybridized carbons (Fsp3) is 0.684. The third kappa shape index (κ3) is 7.94. The minimum atomic E-state index is -4.29. The number of aromatic nitrogens is 4. The van der Waals surface area contributed by atoms with Crippen LogP contribution in [0.5, 0.6) is 0 Å². The molecular formula is C19H30N6O10S3. The van der Waals surface area contributed by atoms with Crippen LogP contribution in [0.1, 0.15) is 25.5 Å². The van der Waals surface area contributed by atoms with Gasteiger partial charge in [-0.1, -0.05) is 0 Å². The zero-order chi connectivity index (χ0) is 28.1. The summed E-state index contributed by atoms with van der Waals surface area (Å²) in [6.45, 7) is -0.175. The predicted molar refractivity (Wildman–Crippen MR) is 136 cm³/mol. The Hall–Kier alpha value is -2.13. The van der Waals surface area contributed by atoms with Crippen molar-refractivity contribution in [2.24, 2.45) is 0 Å². The molecule has 0 unspecified atom stereocenters. The Balaban J connectivity index is 1.81. The molecule has 2 aromatic heterocycles. The van der Waals surface area contributed by atoms with E-state index in [1.54, 1.807) is 0 Å². The fourth-order valence-corrected chi connectivity index (χ4v) is 6.15. The highest BCUT2D eigenvalue weighted by atomic mass is 32.2. The lowest BCUT2D eigenvalue weighted by Crippen LogP contribution is -2.46. The van der Waals surface area contributed by atoms with Crippen LogP contribution in [-0.2, 0) is 34.0 Å². The van der Waals surface area contributed by atoms with E-state index in [0.717, 1.165) is 0 Å². The number of nitrogen functional groups attached to an aromatic ring is 1. The predicted octanol–water partition coefficient (Wildman–Crippen LogP) is -1.15. The van der Waals surface area contributed by atoms with Crippen LogP contribution < -0.4 is 11.1 Å². The van der Waals surface area contributed by atoms with Crippen LogP contribution in [0.2, 0.25) is 0 Å². The number of nitrogens with one attached hydrogen (secondary N) is 1. The van der Waals surface area contributed by atoms with Gasteiger partial charge < -0.3 is 26.0 Å². The average Bonchev–Trinajstić information content (AvgIpc) is 3.38. The van der Waals surface area contributed by atoms with Crippen molar-refractivity contribution in [2.45, 2.75) is 49.8 Å². The van der Waals surface area contributed by atoms with Crippen LogP contribution in [0.15, 0.2) is 12.7 Å². The maximum atomic E-state index is 12.7. The maximum absolute atomic E-state index is 12.7. The first kappa shape index (κ1) is 30.4. The van der Waals surface area contributed by atoms with Crippen LogP contribution in [0.3, 0.4) is 0 Å². The van der Waals surface area contributed by atoms with Crippen molar-refractivity contribution >= 4 is 54.9 Å². The molecule has 38 heavy (non-hydrogen) atoms. The van der Waals surface area contributed by atoms with Gasteiger partial charge in [0.15, 0.2) is 17.7 Å². The number of rotatable bonds is 15. The molecule has 2 aromatic rings. The molecule has 0 bridgehead atoms. The van der Waals surface area contributed by atoms with E-state index in [2.05, 4.69) is 20.3 Å². The summed E-state index contributed by atoms with van der Waals surface area (Å²) in [5.41, 5.74) is 6.27. The SMILES string of the molecule is CSCC[C@H](NC[C@H]1O[C@@H](n2cnc3c(N)ncnc32)[C@H](O)[C@@H]1OS(=O)(=O)CCCCS(=O)(=O)O)C(=O)O. The lowest BCUT2D eigenvalue weighted by Gasteiger charge is -2.22. The van der Waals surface area contributed by atoms with Crippen molar-refractivity contribution in [3.63, 3.8) is 0 Å². The van der Waals surface area contributed by atoms with E-state index in [1.807, 2.05) is 6.26 Å². The largest absolute Gasteiger partial charge is 0.480 e. The van der Waals surface area contributed by atoms with E-state index in [1.165, 1.54) is 29.0 Å². The highest BCUT2D eigenvalue weighted by molar-refractivity contribution is 7.98. The molecule has 1 saturated heterocycles. The van der Waals surface area contributed by atoms with Crippen LogP contribution >= 0.6 is 11.8 Å². The van der Waals surface area contributed by atoms with Gasteiger partial charge >= 0.3 is 5.97 Å². The molecule has 0 spiro atoms. The summed E-state index contributed by atoms with van der Waals surface area (Å²) >= 11 is 1.46. The number of thioether (sulfide) groups is 1. The summed E-state index contributed by atoms with van der Waals surface area (Å²) in [5.74, 6) is -1.67. The zero-order valence-electron chi connectivity index (χ0n) is 20.3.